The molecule has 1 amide bonds. The highest BCUT2D eigenvalue weighted by atomic mass is 32.2. The van der Waals surface area contributed by atoms with Crippen LogP contribution in [0.3, 0.4) is 0 Å². The fourth-order valence-electron chi connectivity index (χ4n) is 3.23. The zero-order chi connectivity index (χ0) is 23.3. The first-order valence-corrected chi connectivity index (χ1v) is 11.0. The van der Waals surface area contributed by atoms with E-state index in [9.17, 15) is 26.4 Å². The molecular formula is C21H21F3N2O5S. The van der Waals surface area contributed by atoms with Crippen LogP contribution in [0.4, 0.5) is 13.2 Å². The van der Waals surface area contributed by atoms with Gasteiger partial charge < -0.3 is 14.4 Å². The SMILES string of the molecule is COc1cccc(/C=C/C(=O)N2CCN(S(=O)(=O)c3cccc(F)c3)CC2)c1OC(F)F. The van der Waals surface area contributed by atoms with Crippen LogP contribution in [0, 0.1) is 5.82 Å². The highest BCUT2D eigenvalue weighted by molar-refractivity contribution is 7.89. The Kier molecular flexibility index (Phi) is 7.41. The average Bonchev–Trinajstić information content (AvgIpc) is 2.77. The lowest BCUT2D eigenvalue weighted by atomic mass is 10.1. The minimum absolute atomic E-state index is 0.0390. The molecule has 0 N–H and O–H groups in total. The van der Waals surface area contributed by atoms with Gasteiger partial charge in [0.15, 0.2) is 11.5 Å². The second-order valence-electron chi connectivity index (χ2n) is 6.78. The van der Waals surface area contributed by atoms with Gasteiger partial charge in [-0.3, -0.25) is 4.79 Å². The summed E-state index contributed by atoms with van der Waals surface area (Å²) in [4.78, 5) is 13.8. The van der Waals surface area contributed by atoms with Gasteiger partial charge in [0.05, 0.1) is 12.0 Å². The number of carbonyl (C=O) groups is 1. The topological polar surface area (TPSA) is 76.2 Å². The van der Waals surface area contributed by atoms with Gasteiger partial charge in [-0.15, -0.1) is 0 Å². The quantitative estimate of drug-likeness (QED) is 0.582. The highest BCUT2D eigenvalue weighted by Gasteiger charge is 2.29. The number of benzene rings is 2. The number of carbonyl (C=O) groups excluding carboxylic acids is 1. The number of nitrogens with zero attached hydrogens (tertiary/aromatic N) is 2. The normalized spacial score (nSPS) is 15.3. The Hall–Kier alpha value is -3.05. The lowest BCUT2D eigenvalue weighted by Gasteiger charge is -2.33. The third-order valence-corrected chi connectivity index (χ3v) is 6.72. The van der Waals surface area contributed by atoms with Crippen LogP contribution >= 0.6 is 0 Å². The minimum atomic E-state index is -3.88. The summed E-state index contributed by atoms with van der Waals surface area (Å²) in [6, 6.07) is 9.24. The Morgan fingerprint density at radius 3 is 2.41 bits per heavy atom. The monoisotopic (exact) mass is 470 g/mol. The third-order valence-electron chi connectivity index (χ3n) is 4.83. The van der Waals surface area contributed by atoms with Crippen LogP contribution < -0.4 is 9.47 Å². The van der Waals surface area contributed by atoms with E-state index >= 15 is 0 Å². The second-order valence-corrected chi connectivity index (χ2v) is 8.72. The highest BCUT2D eigenvalue weighted by Crippen LogP contribution is 2.33. The molecule has 0 radical (unpaired) electrons. The van der Waals surface area contributed by atoms with Crippen molar-refractivity contribution in [2.45, 2.75) is 11.5 Å². The van der Waals surface area contributed by atoms with E-state index in [0.29, 0.717) is 0 Å². The van der Waals surface area contributed by atoms with Crippen LogP contribution in [0.25, 0.3) is 6.08 Å². The van der Waals surface area contributed by atoms with Gasteiger partial charge in [-0.1, -0.05) is 18.2 Å². The molecule has 1 aliphatic heterocycles. The molecule has 7 nitrogen and oxygen atoms in total. The van der Waals surface area contributed by atoms with E-state index in [0.717, 1.165) is 12.1 Å². The van der Waals surface area contributed by atoms with Gasteiger partial charge in [-0.05, 0) is 30.3 Å². The molecule has 0 saturated carbocycles. The van der Waals surface area contributed by atoms with Crippen LogP contribution in [0.1, 0.15) is 5.56 Å². The summed E-state index contributed by atoms with van der Waals surface area (Å²) >= 11 is 0. The minimum Gasteiger partial charge on any atom is -0.493 e. The van der Waals surface area contributed by atoms with Crippen molar-refractivity contribution < 1.29 is 35.9 Å². The van der Waals surface area contributed by atoms with Crippen LogP contribution in [-0.2, 0) is 14.8 Å². The van der Waals surface area contributed by atoms with Crippen LogP contribution in [0.15, 0.2) is 53.4 Å². The number of methoxy groups -OCH3 is 1. The Labute approximate surface area is 183 Å². The summed E-state index contributed by atoms with van der Waals surface area (Å²) in [5.41, 5.74) is 0.227. The van der Waals surface area contributed by atoms with Gasteiger partial charge in [0, 0.05) is 37.8 Å². The summed E-state index contributed by atoms with van der Waals surface area (Å²) in [5.74, 6) is -1.17. The number of hydrogen-bond acceptors (Lipinski definition) is 5. The fourth-order valence-corrected chi connectivity index (χ4v) is 4.69. The van der Waals surface area contributed by atoms with E-state index in [1.165, 1.54) is 52.7 Å². The smallest absolute Gasteiger partial charge is 0.387 e. The summed E-state index contributed by atoms with van der Waals surface area (Å²) in [7, 11) is -2.57. The van der Waals surface area contributed by atoms with Crippen LogP contribution in [0.2, 0.25) is 0 Å². The second kappa shape index (κ2) is 10.0. The fraction of sp³-hybridized carbons (Fsp3) is 0.286. The molecule has 0 bridgehead atoms. The van der Waals surface area contributed by atoms with Crippen molar-refractivity contribution in [1.29, 1.82) is 0 Å². The zero-order valence-electron chi connectivity index (χ0n) is 17.1. The predicted molar refractivity (Wildman–Crippen MR) is 110 cm³/mol. The van der Waals surface area contributed by atoms with Crippen molar-refractivity contribution in [1.82, 2.24) is 9.21 Å². The Morgan fingerprint density at radius 2 is 1.78 bits per heavy atom. The molecule has 1 saturated heterocycles. The molecule has 0 aromatic heterocycles. The van der Waals surface area contributed by atoms with E-state index in [1.807, 2.05) is 0 Å². The molecule has 1 fully saturated rings. The number of halogens is 3. The molecule has 0 aliphatic carbocycles. The molecule has 11 heteroatoms. The number of hydrogen-bond donors (Lipinski definition) is 0. The molecule has 0 unspecified atom stereocenters. The first kappa shape index (κ1) is 23.6. The lowest BCUT2D eigenvalue weighted by molar-refractivity contribution is -0.127. The summed E-state index contributed by atoms with van der Waals surface area (Å²) < 4.78 is 74.9. The largest absolute Gasteiger partial charge is 0.493 e. The van der Waals surface area contributed by atoms with Crippen molar-refractivity contribution in [3.05, 3.63) is 59.9 Å². The zero-order valence-corrected chi connectivity index (χ0v) is 17.9. The Balaban J connectivity index is 1.67. The standard InChI is InChI=1S/C21H21F3N2O5S/c1-30-18-7-2-4-15(20(18)31-21(23)24)8-9-19(27)25-10-12-26(13-11-25)32(28,29)17-6-3-5-16(22)14-17/h2-9,14,21H,10-13H2,1H3/b9-8+. The average molecular weight is 470 g/mol. The molecule has 0 atom stereocenters. The molecule has 0 spiro atoms. The molecule has 172 valence electrons. The van der Waals surface area contributed by atoms with Crippen LogP contribution in [-0.4, -0.2) is 63.4 Å². The maximum absolute atomic E-state index is 13.4. The molecule has 2 aromatic carbocycles. The number of piperazine rings is 1. The first-order chi connectivity index (χ1) is 15.2. The maximum Gasteiger partial charge on any atom is 0.387 e. The predicted octanol–water partition coefficient (Wildman–Crippen LogP) is 2.98. The third kappa shape index (κ3) is 5.40. The van der Waals surface area contributed by atoms with E-state index < -0.39 is 28.4 Å². The van der Waals surface area contributed by atoms with Gasteiger partial charge in [0.2, 0.25) is 15.9 Å². The molecule has 1 heterocycles. The molecule has 1 aliphatic rings. The lowest BCUT2D eigenvalue weighted by Crippen LogP contribution is -2.50. The van der Waals surface area contributed by atoms with Gasteiger partial charge in [0.25, 0.3) is 0 Å². The summed E-state index contributed by atoms with van der Waals surface area (Å²) in [6.45, 7) is -2.75. The molecule has 3 rings (SSSR count). The first-order valence-electron chi connectivity index (χ1n) is 9.57. The van der Waals surface area contributed by atoms with Gasteiger partial charge in [0.1, 0.15) is 5.82 Å². The molecular weight excluding hydrogens is 449 g/mol. The van der Waals surface area contributed by atoms with Gasteiger partial charge in [-0.25, -0.2) is 12.8 Å². The van der Waals surface area contributed by atoms with Crippen molar-refractivity contribution in [2.24, 2.45) is 0 Å². The number of alkyl halides is 2. The van der Waals surface area contributed by atoms with E-state index in [1.54, 1.807) is 6.07 Å². The van der Waals surface area contributed by atoms with Crippen molar-refractivity contribution >= 4 is 22.0 Å². The Bertz CT molecular complexity index is 1100. The summed E-state index contributed by atoms with van der Waals surface area (Å²) in [5, 5.41) is 0. The van der Waals surface area contributed by atoms with Gasteiger partial charge >= 0.3 is 6.61 Å². The van der Waals surface area contributed by atoms with E-state index in [-0.39, 0.29) is 48.1 Å². The summed E-state index contributed by atoms with van der Waals surface area (Å²) in [6.07, 6.45) is 2.53. The maximum atomic E-state index is 13.4. The number of para-hydroxylation sites is 1. The van der Waals surface area contributed by atoms with E-state index in [2.05, 4.69) is 4.74 Å². The van der Waals surface area contributed by atoms with E-state index in [4.69, 9.17) is 4.74 Å². The van der Waals surface area contributed by atoms with Crippen LogP contribution in [0.5, 0.6) is 11.5 Å². The number of ether oxygens (including phenoxy) is 2. The molecule has 2 aromatic rings. The number of sulfonamides is 1. The Morgan fingerprint density at radius 1 is 1.09 bits per heavy atom. The molecule has 32 heavy (non-hydrogen) atoms. The van der Waals surface area contributed by atoms with Gasteiger partial charge in [-0.2, -0.15) is 13.1 Å². The number of rotatable bonds is 7. The van der Waals surface area contributed by atoms with Crippen molar-refractivity contribution in [2.75, 3.05) is 33.3 Å². The van der Waals surface area contributed by atoms with Crippen molar-refractivity contribution in [3.8, 4) is 11.5 Å². The number of amides is 1. The van der Waals surface area contributed by atoms with Crippen molar-refractivity contribution in [3.63, 3.8) is 0 Å².